The number of nitrogens with zero attached hydrogens (tertiary/aromatic N) is 2. The smallest absolute Gasteiger partial charge is 0.240 e. The summed E-state index contributed by atoms with van der Waals surface area (Å²) >= 11 is 5.85. The fraction of sp³-hybridized carbons (Fsp3) is 0.308. The highest BCUT2D eigenvalue weighted by atomic mass is 35.5. The number of aromatic nitrogens is 2. The van der Waals surface area contributed by atoms with E-state index in [1.54, 1.807) is 17.9 Å². The van der Waals surface area contributed by atoms with Gasteiger partial charge in [0.15, 0.2) is 0 Å². The van der Waals surface area contributed by atoms with E-state index in [1.807, 2.05) is 6.20 Å². The average Bonchev–Trinajstić information content (AvgIpc) is 2.84. The topological polar surface area (TPSA) is 84.2 Å². The molecule has 0 fully saturated rings. The van der Waals surface area contributed by atoms with E-state index in [9.17, 15) is 8.42 Å². The number of sulfonamides is 1. The first kappa shape index (κ1) is 16.0. The van der Waals surface area contributed by atoms with Gasteiger partial charge >= 0.3 is 0 Å². The maximum atomic E-state index is 12.2. The van der Waals surface area contributed by atoms with Crippen LogP contribution in [0.25, 0.3) is 0 Å². The molecule has 1 aromatic heterocycles. The summed E-state index contributed by atoms with van der Waals surface area (Å²) < 4.78 is 28.5. The van der Waals surface area contributed by atoms with Crippen molar-refractivity contribution in [3.63, 3.8) is 0 Å². The van der Waals surface area contributed by atoms with Gasteiger partial charge in [-0.25, -0.2) is 13.1 Å². The maximum absolute atomic E-state index is 12.2. The summed E-state index contributed by atoms with van der Waals surface area (Å²) in [4.78, 5) is 0.0853. The summed E-state index contributed by atoms with van der Waals surface area (Å²) in [5.41, 5.74) is 1.33. The molecule has 2 rings (SSSR count). The highest BCUT2D eigenvalue weighted by molar-refractivity contribution is 7.89. The summed E-state index contributed by atoms with van der Waals surface area (Å²) in [5.74, 6) is 0. The summed E-state index contributed by atoms with van der Waals surface area (Å²) in [6, 6.07) is 4.24. The molecule has 2 N–H and O–H groups in total. The van der Waals surface area contributed by atoms with Crippen LogP contribution in [0.15, 0.2) is 35.5 Å². The first-order valence-corrected chi connectivity index (χ1v) is 8.15. The maximum Gasteiger partial charge on any atom is 0.240 e. The lowest BCUT2D eigenvalue weighted by Gasteiger charge is -2.08. The second-order valence-corrected chi connectivity index (χ2v) is 6.76. The summed E-state index contributed by atoms with van der Waals surface area (Å²) in [6.07, 6.45) is 4.08. The molecule has 114 valence electrons. The third-order valence-corrected chi connectivity index (χ3v) is 4.79. The van der Waals surface area contributed by atoms with E-state index in [1.165, 1.54) is 18.2 Å². The molecule has 0 unspecified atom stereocenters. The molecule has 8 heteroatoms. The zero-order chi connectivity index (χ0) is 15.5. The summed E-state index contributed by atoms with van der Waals surface area (Å²) in [7, 11) is -1.82. The van der Waals surface area contributed by atoms with Crippen LogP contribution in [0.5, 0.6) is 0 Å². The molecular weight excluding hydrogens is 314 g/mol. The zero-order valence-electron chi connectivity index (χ0n) is 11.5. The predicted molar refractivity (Wildman–Crippen MR) is 79.5 cm³/mol. The fourth-order valence-corrected chi connectivity index (χ4v) is 3.11. The van der Waals surface area contributed by atoms with E-state index < -0.39 is 10.0 Å². The Balaban J connectivity index is 2.04. The molecule has 1 heterocycles. The minimum Gasteiger partial charge on any atom is -0.392 e. The molecule has 0 aliphatic heterocycles. The van der Waals surface area contributed by atoms with Crippen LogP contribution in [0.2, 0.25) is 5.02 Å². The van der Waals surface area contributed by atoms with Gasteiger partial charge in [0.1, 0.15) is 0 Å². The van der Waals surface area contributed by atoms with Crippen LogP contribution in [-0.2, 0) is 30.1 Å². The summed E-state index contributed by atoms with van der Waals surface area (Å²) in [5, 5.41) is 13.5. The Morgan fingerprint density at radius 1 is 1.43 bits per heavy atom. The van der Waals surface area contributed by atoms with E-state index in [0.29, 0.717) is 17.0 Å². The van der Waals surface area contributed by atoms with Crippen molar-refractivity contribution in [2.45, 2.75) is 17.9 Å². The Bertz CT molecular complexity index is 728. The molecule has 0 saturated heterocycles. The molecule has 2 aromatic rings. The molecule has 0 aliphatic carbocycles. The van der Waals surface area contributed by atoms with Crippen molar-refractivity contribution in [3.8, 4) is 0 Å². The number of nitrogens with one attached hydrogen (secondary N) is 1. The second-order valence-electron chi connectivity index (χ2n) is 4.58. The number of benzene rings is 1. The normalized spacial score (nSPS) is 11.8. The number of aryl methyl sites for hydroxylation is 1. The minimum absolute atomic E-state index is 0.0853. The lowest BCUT2D eigenvalue weighted by Crippen LogP contribution is -2.26. The molecule has 1 aromatic carbocycles. The summed E-state index contributed by atoms with van der Waals surface area (Å²) in [6.45, 7) is -0.0387. The standard InChI is InChI=1S/C13H16ClN3O3S/c1-17-8-10(7-15-17)4-5-16-21(19,20)12-2-3-13(14)11(6-12)9-18/h2-3,6-8,16,18H,4-5,9H2,1H3. The molecule has 0 radical (unpaired) electrons. The number of hydrogen-bond acceptors (Lipinski definition) is 4. The molecular formula is C13H16ClN3O3S. The molecule has 0 aliphatic rings. The molecule has 0 spiro atoms. The van der Waals surface area contributed by atoms with Crippen LogP contribution in [0.3, 0.4) is 0 Å². The SMILES string of the molecule is Cn1cc(CCNS(=O)(=O)c2ccc(Cl)c(CO)c2)cn1. The molecule has 0 amide bonds. The Morgan fingerprint density at radius 2 is 2.19 bits per heavy atom. The van der Waals surface area contributed by atoms with Gasteiger partial charge in [-0.2, -0.15) is 5.10 Å². The lowest BCUT2D eigenvalue weighted by atomic mass is 10.2. The van der Waals surface area contributed by atoms with E-state index in [2.05, 4.69) is 9.82 Å². The number of hydrogen-bond donors (Lipinski definition) is 2. The van der Waals surface area contributed by atoms with Gasteiger partial charge in [0.05, 0.1) is 17.7 Å². The minimum atomic E-state index is -3.62. The first-order valence-electron chi connectivity index (χ1n) is 6.29. The highest BCUT2D eigenvalue weighted by Gasteiger charge is 2.15. The van der Waals surface area contributed by atoms with Gasteiger partial charge in [0, 0.05) is 24.8 Å². The van der Waals surface area contributed by atoms with Crippen molar-refractivity contribution in [1.82, 2.24) is 14.5 Å². The van der Waals surface area contributed by atoms with E-state index in [4.69, 9.17) is 16.7 Å². The van der Waals surface area contributed by atoms with Crippen molar-refractivity contribution in [1.29, 1.82) is 0 Å². The van der Waals surface area contributed by atoms with Crippen LogP contribution in [0.1, 0.15) is 11.1 Å². The Labute approximate surface area is 128 Å². The van der Waals surface area contributed by atoms with E-state index in [-0.39, 0.29) is 18.0 Å². The van der Waals surface area contributed by atoms with Gasteiger partial charge < -0.3 is 5.11 Å². The van der Waals surface area contributed by atoms with Crippen molar-refractivity contribution < 1.29 is 13.5 Å². The van der Waals surface area contributed by atoms with Gasteiger partial charge in [-0.15, -0.1) is 0 Å². The van der Waals surface area contributed by atoms with Crippen LogP contribution < -0.4 is 4.72 Å². The molecule has 0 bridgehead atoms. The zero-order valence-corrected chi connectivity index (χ0v) is 13.0. The van der Waals surface area contributed by atoms with Gasteiger partial charge in [-0.3, -0.25) is 4.68 Å². The number of aliphatic hydroxyl groups excluding tert-OH is 1. The molecule has 6 nitrogen and oxygen atoms in total. The number of halogens is 1. The average molecular weight is 330 g/mol. The Hall–Kier alpha value is -1.41. The van der Waals surface area contributed by atoms with Crippen LogP contribution in [0.4, 0.5) is 0 Å². The second kappa shape index (κ2) is 6.57. The Morgan fingerprint density at radius 3 is 2.81 bits per heavy atom. The Kier molecular flexibility index (Phi) is 5.00. The molecule has 0 saturated carbocycles. The first-order chi connectivity index (χ1) is 9.92. The van der Waals surface area contributed by atoms with Gasteiger partial charge in [-0.1, -0.05) is 11.6 Å². The lowest BCUT2D eigenvalue weighted by molar-refractivity contribution is 0.281. The van der Waals surface area contributed by atoms with Gasteiger partial charge in [-0.05, 0) is 35.7 Å². The predicted octanol–water partition coefficient (Wildman–Crippen LogP) is 1.09. The largest absolute Gasteiger partial charge is 0.392 e. The highest BCUT2D eigenvalue weighted by Crippen LogP contribution is 2.20. The fourth-order valence-electron chi connectivity index (χ4n) is 1.85. The van der Waals surface area contributed by atoms with Crippen LogP contribution >= 0.6 is 11.6 Å². The monoisotopic (exact) mass is 329 g/mol. The quantitative estimate of drug-likeness (QED) is 0.830. The van der Waals surface area contributed by atoms with Crippen LogP contribution in [-0.4, -0.2) is 29.8 Å². The van der Waals surface area contributed by atoms with Gasteiger partial charge in [0.25, 0.3) is 0 Å². The molecule has 21 heavy (non-hydrogen) atoms. The third kappa shape index (κ3) is 4.04. The molecule has 0 atom stereocenters. The van der Waals surface area contributed by atoms with Crippen molar-refractivity contribution in [3.05, 3.63) is 46.7 Å². The third-order valence-electron chi connectivity index (χ3n) is 2.96. The number of aliphatic hydroxyl groups is 1. The van der Waals surface area contributed by atoms with Crippen molar-refractivity contribution in [2.75, 3.05) is 6.54 Å². The van der Waals surface area contributed by atoms with Crippen molar-refractivity contribution in [2.24, 2.45) is 7.05 Å². The number of rotatable bonds is 6. The van der Waals surface area contributed by atoms with Crippen LogP contribution in [0, 0.1) is 0 Å². The van der Waals surface area contributed by atoms with E-state index >= 15 is 0 Å². The van der Waals surface area contributed by atoms with Gasteiger partial charge in [0.2, 0.25) is 10.0 Å². The van der Waals surface area contributed by atoms with Crippen molar-refractivity contribution >= 4 is 21.6 Å². The van der Waals surface area contributed by atoms with E-state index in [0.717, 1.165) is 5.56 Å².